The second kappa shape index (κ2) is 8.73. The lowest BCUT2D eigenvalue weighted by atomic mass is 9.92. The minimum absolute atomic E-state index is 0.0355. The lowest BCUT2D eigenvalue weighted by Gasteiger charge is -2.34. The summed E-state index contributed by atoms with van der Waals surface area (Å²) in [5, 5.41) is 4.30. The van der Waals surface area contributed by atoms with Crippen molar-refractivity contribution in [3.63, 3.8) is 0 Å². The van der Waals surface area contributed by atoms with Crippen molar-refractivity contribution in [2.75, 3.05) is 26.8 Å². The molecular weight excluding hydrogens is 416 g/mol. The van der Waals surface area contributed by atoms with Gasteiger partial charge in [-0.1, -0.05) is 0 Å². The highest BCUT2D eigenvalue weighted by Gasteiger charge is 2.29. The van der Waals surface area contributed by atoms with Gasteiger partial charge in [-0.15, -0.1) is 0 Å². The molecule has 0 spiro atoms. The number of hydrogen-bond donors (Lipinski definition) is 0. The van der Waals surface area contributed by atoms with Crippen LogP contribution < -0.4 is 9.47 Å². The van der Waals surface area contributed by atoms with E-state index in [4.69, 9.17) is 14.5 Å². The first-order chi connectivity index (χ1) is 16.0. The molecule has 170 valence electrons. The molecular formula is C26H28N4O3. The number of nitrogens with zero attached hydrogens (tertiary/aromatic N) is 4. The molecule has 1 aromatic carbocycles. The normalized spacial score (nSPS) is 17.7. The maximum Gasteiger partial charge on any atom is 0.253 e. The highest BCUT2D eigenvalue weighted by atomic mass is 16.5. The van der Waals surface area contributed by atoms with E-state index in [1.165, 1.54) is 0 Å². The van der Waals surface area contributed by atoms with Crippen LogP contribution in [-0.2, 0) is 11.8 Å². The summed E-state index contributed by atoms with van der Waals surface area (Å²) < 4.78 is 13.0. The number of rotatable bonds is 4. The van der Waals surface area contributed by atoms with Crippen molar-refractivity contribution >= 4 is 12.0 Å². The number of hydrogen-bond acceptors (Lipinski definition) is 5. The van der Waals surface area contributed by atoms with Gasteiger partial charge in [0, 0.05) is 54.8 Å². The number of carbonyl (C=O) groups is 1. The molecule has 5 rings (SSSR count). The van der Waals surface area contributed by atoms with E-state index in [2.05, 4.69) is 17.2 Å². The zero-order valence-corrected chi connectivity index (χ0v) is 19.2. The minimum Gasteiger partial charge on any atom is -0.497 e. The Kier molecular flexibility index (Phi) is 5.62. The van der Waals surface area contributed by atoms with E-state index in [1.807, 2.05) is 55.5 Å². The molecule has 0 unspecified atom stereocenters. The lowest BCUT2D eigenvalue weighted by Crippen LogP contribution is -2.41. The molecule has 33 heavy (non-hydrogen) atoms. The molecule has 1 fully saturated rings. The van der Waals surface area contributed by atoms with E-state index in [1.54, 1.807) is 11.8 Å². The molecule has 0 bridgehead atoms. The molecule has 2 aromatic heterocycles. The third-order valence-electron chi connectivity index (χ3n) is 6.34. The average Bonchev–Trinajstić information content (AvgIpc) is 3.29. The van der Waals surface area contributed by atoms with Crippen LogP contribution in [0.2, 0.25) is 0 Å². The zero-order valence-electron chi connectivity index (χ0n) is 19.2. The predicted molar refractivity (Wildman–Crippen MR) is 126 cm³/mol. The van der Waals surface area contributed by atoms with E-state index in [9.17, 15) is 4.79 Å². The molecule has 3 aromatic rings. The van der Waals surface area contributed by atoms with E-state index < -0.39 is 0 Å². The first-order valence-electron chi connectivity index (χ1n) is 11.3. The molecule has 2 aliphatic heterocycles. The fourth-order valence-corrected chi connectivity index (χ4v) is 4.65. The van der Waals surface area contributed by atoms with Gasteiger partial charge in [0.2, 0.25) is 0 Å². The van der Waals surface area contributed by atoms with Gasteiger partial charge in [-0.2, -0.15) is 5.10 Å². The van der Waals surface area contributed by atoms with Crippen LogP contribution in [0.4, 0.5) is 0 Å². The van der Waals surface area contributed by atoms with Crippen molar-refractivity contribution in [2.24, 2.45) is 7.05 Å². The van der Waals surface area contributed by atoms with Gasteiger partial charge < -0.3 is 14.4 Å². The standard InChI is InChI=1S/C26H28N4O3/c1-17-9-19(22-13-27-29(2)14-22)12-24(28-17)18-5-4-8-30(15-18)26(31)21-10-20-11-23(32-3)6-7-25(20)33-16-21/h6-7,9-14,18H,4-5,8,15-16H2,1-3H3/t18-/m1/s1. The van der Waals surface area contributed by atoms with E-state index in [0.29, 0.717) is 12.1 Å². The molecule has 1 amide bonds. The Bertz CT molecular complexity index is 1230. The van der Waals surface area contributed by atoms with Gasteiger partial charge in [-0.25, -0.2) is 0 Å². The number of aryl methyl sites for hydroxylation is 2. The summed E-state index contributed by atoms with van der Waals surface area (Å²) in [6, 6.07) is 9.88. The second-order valence-electron chi connectivity index (χ2n) is 8.78. The second-order valence-corrected chi connectivity index (χ2v) is 8.78. The number of piperidine rings is 1. The summed E-state index contributed by atoms with van der Waals surface area (Å²) in [6.07, 6.45) is 7.78. The first kappa shape index (κ1) is 21.2. The molecule has 4 heterocycles. The molecule has 0 radical (unpaired) electrons. The lowest BCUT2D eigenvalue weighted by molar-refractivity contribution is -0.128. The molecule has 7 heteroatoms. The Balaban J connectivity index is 1.36. The molecule has 1 saturated heterocycles. The van der Waals surface area contributed by atoms with Crippen LogP contribution in [0.5, 0.6) is 11.5 Å². The Morgan fingerprint density at radius 3 is 2.88 bits per heavy atom. The topological polar surface area (TPSA) is 69.5 Å². The number of ether oxygens (including phenoxy) is 2. The highest BCUT2D eigenvalue weighted by molar-refractivity contribution is 5.99. The number of benzene rings is 1. The molecule has 7 nitrogen and oxygen atoms in total. The Labute approximate surface area is 193 Å². The maximum atomic E-state index is 13.4. The monoisotopic (exact) mass is 444 g/mol. The van der Waals surface area contributed by atoms with Crippen molar-refractivity contribution in [3.05, 3.63) is 65.2 Å². The van der Waals surface area contributed by atoms with Crippen molar-refractivity contribution in [2.45, 2.75) is 25.7 Å². The van der Waals surface area contributed by atoms with Gasteiger partial charge in [0.15, 0.2) is 0 Å². The minimum atomic E-state index is 0.0355. The molecule has 0 N–H and O–H groups in total. The molecule has 1 atom stereocenters. The van der Waals surface area contributed by atoms with Crippen molar-refractivity contribution in [1.29, 1.82) is 0 Å². The Morgan fingerprint density at radius 1 is 1.21 bits per heavy atom. The summed E-state index contributed by atoms with van der Waals surface area (Å²) in [5.74, 6) is 1.76. The van der Waals surface area contributed by atoms with Crippen LogP contribution in [0, 0.1) is 6.92 Å². The average molecular weight is 445 g/mol. The van der Waals surface area contributed by atoms with Crippen molar-refractivity contribution in [1.82, 2.24) is 19.7 Å². The third kappa shape index (κ3) is 4.35. The number of methoxy groups -OCH3 is 1. The molecule has 0 aliphatic carbocycles. The summed E-state index contributed by atoms with van der Waals surface area (Å²) in [7, 11) is 3.55. The van der Waals surface area contributed by atoms with Gasteiger partial charge in [0.1, 0.15) is 18.1 Å². The quantitative estimate of drug-likeness (QED) is 0.609. The van der Waals surface area contributed by atoms with Crippen LogP contribution in [0.3, 0.4) is 0 Å². The van der Waals surface area contributed by atoms with Gasteiger partial charge in [0.05, 0.1) is 18.9 Å². The third-order valence-corrected chi connectivity index (χ3v) is 6.34. The fraction of sp³-hybridized carbons (Fsp3) is 0.346. The van der Waals surface area contributed by atoms with Gasteiger partial charge >= 0.3 is 0 Å². The fourth-order valence-electron chi connectivity index (χ4n) is 4.65. The van der Waals surface area contributed by atoms with Crippen LogP contribution in [0.15, 0.2) is 48.3 Å². The smallest absolute Gasteiger partial charge is 0.253 e. The van der Waals surface area contributed by atoms with Gasteiger partial charge in [-0.05, 0) is 61.7 Å². The van der Waals surface area contributed by atoms with E-state index in [0.717, 1.165) is 59.0 Å². The number of aromatic nitrogens is 3. The number of carbonyl (C=O) groups excluding carboxylic acids is 1. The summed E-state index contributed by atoms with van der Waals surface area (Å²) in [4.78, 5) is 20.1. The predicted octanol–water partition coefficient (Wildman–Crippen LogP) is 3.98. The first-order valence-corrected chi connectivity index (χ1v) is 11.3. The summed E-state index contributed by atoms with van der Waals surface area (Å²) >= 11 is 0. The number of amides is 1. The number of pyridine rings is 1. The van der Waals surface area contributed by atoms with Crippen LogP contribution in [0.1, 0.15) is 35.7 Å². The molecule has 0 saturated carbocycles. The van der Waals surface area contributed by atoms with Crippen LogP contribution in [0.25, 0.3) is 17.2 Å². The van der Waals surface area contributed by atoms with Crippen molar-refractivity contribution in [3.8, 4) is 22.6 Å². The van der Waals surface area contributed by atoms with Crippen LogP contribution >= 0.6 is 0 Å². The van der Waals surface area contributed by atoms with Gasteiger partial charge in [0.25, 0.3) is 5.91 Å². The summed E-state index contributed by atoms with van der Waals surface area (Å²) in [5.41, 5.74) is 5.75. The highest BCUT2D eigenvalue weighted by Crippen LogP contribution is 2.33. The van der Waals surface area contributed by atoms with Crippen LogP contribution in [-0.4, -0.2) is 52.4 Å². The maximum absolute atomic E-state index is 13.4. The zero-order chi connectivity index (χ0) is 22.9. The number of likely N-dealkylation sites (tertiary alicyclic amines) is 1. The van der Waals surface area contributed by atoms with Crippen molar-refractivity contribution < 1.29 is 14.3 Å². The van der Waals surface area contributed by atoms with Gasteiger partial charge in [-0.3, -0.25) is 14.5 Å². The Hall–Kier alpha value is -3.61. The SMILES string of the molecule is COc1ccc2c(c1)C=C(C(=O)N1CCC[C@@H](c3cc(-c4cnn(C)c4)cc(C)n3)C1)CO2. The summed E-state index contributed by atoms with van der Waals surface area (Å²) in [6.45, 7) is 3.71. The molecule has 2 aliphatic rings. The number of fused-ring (bicyclic) bond motifs is 1. The Morgan fingerprint density at radius 2 is 2.09 bits per heavy atom. The largest absolute Gasteiger partial charge is 0.497 e. The van der Waals surface area contributed by atoms with E-state index >= 15 is 0 Å². The van der Waals surface area contributed by atoms with E-state index in [-0.39, 0.29) is 18.4 Å².